The number of para-hydroxylation sites is 1. The van der Waals surface area contributed by atoms with Crippen LogP contribution in [0.1, 0.15) is 33.3 Å². The predicted octanol–water partition coefficient (Wildman–Crippen LogP) is 4.59. The number of carbonyl (C=O) groups excluding carboxylic acids is 1. The molecule has 5 nitrogen and oxygen atoms in total. The van der Waals surface area contributed by atoms with E-state index < -0.39 is 6.04 Å². The molecule has 5 rings (SSSR count). The Morgan fingerprint density at radius 2 is 1.61 bits per heavy atom. The van der Waals surface area contributed by atoms with Crippen molar-refractivity contribution in [3.8, 4) is 5.75 Å². The number of amides is 1. The molecule has 4 aromatic rings. The Hall–Kier alpha value is -3.86. The summed E-state index contributed by atoms with van der Waals surface area (Å²) in [5.41, 5.74) is 2.69. The number of nitrogens with zero attached hydrogens (tertiary/aromatic N) is 1. The van der Waals surface area contributed by atoms with Crippen LogP contribution >= 0.6 is 0 Å². The molecule has 0 fully saturated rings. The standard InChI is InChI=1S/C26H21NO4/c1-30-19-13-11-17(12-14-19)15-16-27-23(18-7-3-2-4-8-18)22-24(28)20-9-5-6-10-21(20)31-25(22)26(27)29/h2-14,23H,15-16H2,1H3/t23-/m0/s1. The second-order valence-electron chi connectivity index (χ2n) is 7.58. The molecular weight excluding hydrogens is 390 g/mol. The number of carbonyl (C=O) groups is 1. The van der Waals surface area contributed by atoms with Crippen molar-refractivity contribution in [1.29, 1.82) is 0 Å². The van der Waals surface area contributed by atoms with Crippen molar-refractivity contribution in [2.45, 2.75) is 12.5 Å². The molecule has 0 unspecified atom stereocenters. The average Bonchev–Trinajstić information content (AvgIpc) is 3.10. The summed E-state index contributed by atoms with van der Waals surface area (Å²) in [5, 5.41) is 0.493. The first kappa shape index (κ1) is 19.1. The molecule has 1 aromatic heterocycles. The maximum absolute atomic E-state index is 13.4. The molecule has 0 saturated heterocycles. The van der Waals surface area contributed by atoms with E-state index in [1.807, 2.05) is 54.6 Å². The van der Waals surface area contributed by atoms with E-state index in [0.717, 1.165) is 16.9 Å². The second kappa shape index (κ2) is 7.76. The smallest absolute Gasteiger partial charge is 0.290 e. The number of rotatable bonds is 5. The Bertz CT molecular complexity index is 1310. The largest absolute Gasteiger partial charge is 0.497 e. The fourth-order valence-corrected chi connectivity index (χ4v) is 4.22. The van der Waals surface area contributed by atoms with Crippen LogP contribution in [0.3, 0.4) is 0 Å². The zero-order valence-corrected chi connectivity index (χ0v) is 17.1. The van der Waals surface area contributed by atoms with Crippen molar-refractivity contribution in [1.82, 2.24) is 4.90 Å². The monoisotopic (exact) mass is 411 g/mol. The summed E-state index contributed by atoms with van der Waals surface area (Å²) in [6.07, 6.45) is 0.654. The minimum atomic E-state index is -0.470. The van der Waals surface area contributed by atoms with Gasteiger partial charge in [-0.15, -0.1) is 0 Å². The molecule has 0 N–H and O–H groups in total. The van der Waals surface area contributed by atoms with Gasteiger partial charge in [-0.25, -0.2) is 0 Å². The van der Waals surface area contributed by atoms with E-state index in [1.165, 1.54) is 0 Å². The fourth-order valence-electron chi connectivity index (χ4n) is 4.22. The predicted molar refractivity (Wildman–Crippen MR) is 119 cm³/mol. The van der Waals surface area contributed by atoms with Gasteiger partial charge in [0.25, 0.3) is 5.91 Å². The van der Waals surface area contributed by atoms with E-state index in [2.05, 4.69) is 0 Å². The van der Waals surface area contributed by atoms with E-state index >= 15 is 0 Å². The van der Waals surface area contributed by atoms with E-state index in [1.54, 1.807) is 36.3 Å². The Kier molecular flexibility index (Phi) is 4.79. The van der Waals surface area contributed by atoms with Crippen LogP contribution in [0.4, 0.5) is 0 Å². The third-order valence-electron chi connectivity index (χ3n) is 5.79. The quantitative estimate of drug-likeness (QED) is 0.482. The Balaban J connectivity index is 1.58. The third-order valence-corrected chi connectivity index (χ3v) is 5.79. The average molecular weight is 411 g/mol. The van der Waals surface area contributed by atoms with E-state index in [-0.39, 0.29) is 17.1 Å². The lowest BCUT2D eigenvalue weighted by molar-refractivity contribution is 0.0730. The highest BCUT2D eigenvalue weighted by Crippen LogP contribution is 2.38. The van der Waals surface area contributed by atoms with Crippen molar-refractivity contribution >= 4 is 16.9 Å². The fraction of sp³-hybridized carbons (Fsp3) is 0.154. The van der Waals surface area contributed by atoms with Crippen molar-refractivity contribution in [3.63, 3.8) is 0 Å². The highest BCUT2D eigenvalue weighted by atomic mass is 16.5. The molecule has 0 saturated carbocycles. The first-order valence-corrected chi connectivity index (χ1v) is 10.2. The molecule has 0 spiro atoms. The lowest BCUT2D eigenvalue weighted by Gasteiger charge is -2.25. The summed E-state index contributed by atoms with van der Waals surface area (Å²) in [6.45, 7) is 0.463. The normalized spacial score (nSPS) is 15.3. The molecule has 0 aliphatic carbocycles. The van der Waals surface area contributed by atoms with Crippen molar-refractivity contribution < 1.29 is 13.9 Å². The Labute approximate surface area is 179 Å². The third kappa shape index (κ3) is 3.28. The molecule has 2 heterocycles. The van der Waals surface area contributed by atoms with Crippen molar-refractivity contribution in [3.05, 3.63) is 112 Å². The topological polar surface area (TPSA) is 59.8 Å². The lowest BCUT2D eigenvalue weighted by Crippen LogP contribution is -2.31. The molecule has 3 aromatic carbocycles. The number of benzene rings is 3. The number of ether oxygens (including phenoxy) is 1. The molecule has 1 aliphatic rings. The molecule has 1 amide bonds. The summed E-state index contributed by atoms with van der Waals surface area (Å²) < 4.78 is 11.2. The van der Waals surface area contributed by atoms with Gasteiger partial charge in [-0.1, -0.05) is 54.6 Å². The Morgan fingerprint density at radius 1 is 0.903 bits per heavy atom. The van der Waals surface area contributed by atoms with Crippen LogP contribution in [0.15, 0.2) is 88.1 Å². The molecule has 1 atom stereocenters. The van der Waals surface area contributed by atoms with Gasteiger partial charge < -0.3 is 14.1 Å². The Morgan fingerprint density at radius 3 is 2.35 bits per heavy atom. The highest BCUT2D eigenvalue weighted by Gasteiger charge is 2.42. The number of hydrogen-bond donors (Lipinski definition) is 0. The van der Waals surface area contributed by atoms with Gasteiger partial charge in [0.15, 0.2) is 5.43 Å². The molecular formula is C26H21NO4. The molecule has 5 heteroatoms. The van der Waals surface area contributed by atoms with Crippen LogP contribution in [-0.2, 0) is 6.42 Å². The van der Waals surface area contributed by atoms with Gasteiger partial charge in [0.2, 0.25) is 5.76 Å². The van der Waals surface area contributed by atoms with Crippen LogP contribution < -0.4 is 10.2 Å². The first-order valence-electron chi connectivity index (χ1n) is 10.2. The second-order valence-corrected chi connectivity index (χ2v) is 7.58. The van der Waals surface area contributed by atoms with Gasteiger partial charge >= 0.3 is 0 Å². The van der Waals surface area contributed by atoms with Crippen LogP contribution in [0, 0.1) is 0 Å². The van der Waals surface area contributed by atoms with Gasteiger partial charge in [0.05, 0.1) is 24.1 Å². The molecule has 1 aliphatic heterocycles. The maximum Gasteiger partial charge on any atom is 0.290 e. The van der Waals surface area contributed by atoms with E-state index in [0.29, 0.717) is 29.5 Å². The minimum absolute atomic E-state index is 0.146. The maximum atomic E-state index is 13.4. The zero-order chi connectivity index (χ0) is 21.4. The molecule has 0 radical (unpaired) electrons. The number of methoxy groups -OCH3 is 1. The first-order chi connectivity index (χ1) is 15.2. The van der Waals surface area contributed by atoms with Gasteiger partial charge in [-0.05, 0) is 41.8 Å². The lowest BCUT2D eigenvalue weighted by atomic mass is 9.98. The molecule has 31 heavy (non-hydrogen) atoms. The SMILES string of the molecule is COc1ccc(CCN2C(=O)c3oc4ccccc4c(=O)c3[C@@H]2c2ccccc2)cc1. The van der Waals surface area contributed by atoms with Gasteiger partial charge in [-0.3, -0.25) is 9.59 Å². The summed E-state index contributed by atoms with van der Waals surface area (Å²) in [5.74, 6) is 0.685. The van der Waals surface area contributed by atoms with Crippen LogP contribution in [-0.4, -0.2) is 24.5 Å². The van der Waals surface area contributed by atoms with Crippen molar-refractivity contribution in [2.75, 3.05) is 13.7 Å². The van der Waals surface area contributed by atoms with Gasteiger partial charge in [0, 0.05) is 6.54 Å². The van der Waals surface area contributed by atoms with Gasteiger partial charge in [-0.2, -0.15) is 0 Å². The van der Waals surface area contributed by atoms with E-state index in [9.17, 15) is 9.59 Å². The number of hydrogen-bond acceptors (Lipinski definition) is 4. The zero-order valence-electron chi connectivity index (χ0n) is 17.1. The summed E-state index contributed by atoms with van der Waals surface area (Å²) in [4.78, 5) is 28.5. The molecule has 154 valence electrons. The highest BCUT2D eigenvalue weighted by molar-refractivity contribution is 5.99. The van der Waals surface area contributed by atoms with Crippen LogP contribution in [0.2, 0.25) is 0 Å². The summed E-state index contributed by atoms with van der Waals surface area (Å²) >= 11 is 0. The molecule has 0 bridgehead atoms. The minimum Gasteiger partial charge on any atom is -0.497 e. The summed E-state index contributed by atoms with van der Waals surface area (Å²) in [6, 6.07) is 24.0. The van der Waals surface area contributed by atoms with Crippen LogP contribution in [0.25, 0.3) is 11.0 Å². The number of fused-ring (bicyclic) bond motifs is 2. The van der Waals surface area contributed by atoms with Gasteiger partial charge in [0.1, 0.15) is 11.3 Å². The summed E-state index contributed by atoms with van der Waals surface area (Å²) in [7, 11) is 1.63. The van der Waals surface area contributed by atoms with E-state index in [4.69, 9.17) is 9.15 Å². The van der Waals surface area contributed by atoms with Crippen LogP contribution in [0.5, 0.6) is 5.75 Å². The van der Waals surface area contributed by atoms with Crippen molar-refractivity contribution in [2.24, 2.45) is 0 Å².